The fraction of sp³-hybridized carbons (Fsp3) is 0.500. The summed E-state index contributed by atoms with van der Waals surface area (Å²) in [6, 6.07) is 0. The fourth-order valence-electron chi connectivity index (χ4n) is 1.93. The Morgan fingerprint density at radius 3 is 2.29 bits per heavy atom. The van der Waals surface area contributed by atoms with Crippen LogP contribution in [-0.4, -0.2) is 0 Å². The van der Waals surface area contributed by atoms with Crippen molar-refractivity contribution in [1.82, 2.24) is 5.32 Å². The summed E-state index contributed by atoms with van der Waals surface area (Å²) >= 11 is 0. The smallest absolute Gasteiger partial charge is 0.0335 e. The number of hydrogen-bond donors (Lipinski definition) is 1. The summed E-state index contributed by atoms with van der Waals surface area (Å²) in [5.41, 5.74) is 4.78. The van der Waals surface area contributed by atoms with E-state index >= 15 is 0 Å². The van der Waals surface area contributed by atoms with E-state index in [9.17, 15) is 0 Å². The predicted molar refractivity (Wildman–Crippen MR) is 97.1 cm³/mol. The van der Waals surface area contributed by atoms with Gasteiger partial charge < -0.3 is 5.32 Å². The van der Waals surface area contributed by atoms with Crippen molar-refractivity contribution in [2.24, 2.45) is 0 Å². The maximum atomic E-state index is 4.10. The van der Waals surface area contributed by atoms with Gasteiger partial charge in [-0.3, -0.25) is 0 Å². The number of nitrogens with one attached hydrogen (secondary N) is 1. The van der Waals surface area contributed by atoms with Gasteiger partial charge in [-0.1, -0.05) is 50.8 Å². The van der Waals surface area contributed by atoms with Gasteiger partial charge in [0.05, 0.1) is 0 Å². The second-order valence-corrected chi connectivity index (χ2v) is 5.31. The summed E-state index contributed by atoms with van der Waals surface area (Å²) in [7, 11) is 0. The largest absolute Gasteiger partial charge is 0.359 e. The second kappa shape index (κ2) is 12.3. The Kier molecular flexibility index (Phi) is 11.4. The van der Waals surface area contributed by atoms with Crippen molar-refractivity contribution < 1.29 is 0 Å². The Bertz CT molecular complexity index is 419. The third-order valence-electron chi connectivity index (χ3n) is 3.50. The first-order valence-corrected chi connectivity index (χ1v) is 8.17. The van der Waals surface area contributed by atoms with Crippen LogP contribution < -0.4 is 5.32 Å². The molecular weight excluding hydrogens is 254 g/mol. The normalized spacial score (nSPS) is 13.9. The molecule has 1 nitrogen and oxygen atoms in total. The molecule has 0 radical (unpaired) electrons. The highest BCUT2D eigenvalue weighted by Crippen LogP contribution is 2.16. The predicted octanol–water partition coefficient (Wildman–Crippen LogP) is 6.43. The molecule has 0 atom stereocenters. The lowest BCUT2D eigenvalue weighted by molar-refractivity contribution is 0.818. The molecule has 1 heteroatoms. The summed E-state index contributed by atoms with van der Waals surface area (Å²) in [6.07, 6.45) is 16.7. The number of allylic oxidation sites excluding steroid dienone is 8. The highest BCUT2D eigenvalue weighted by Gasteiger charge is 2.02. The molecule has 1 N–H and O–H groups in total. The van der Waals surface area contributed by atoms with Gasteiger partial charge in [-0.25, -0.2) is 0 Å². The average molecular weight is 287 g/mol. The molecule has 0 rings (SSSR count). The molecule has 0 unspecified atom stereocenters. The summed E-state index contributed by atoms with van der Waals surface area (Å²) in [5.74, 6) is 0. The highest BCUT2D eigenvalue weighted by atomic mass is 14.9. The van der Waals surface area contributed by atoms with E-state index in [4.69, 9.17) is 0 Å². The Morgan fingerprint density at radius 1 is 1.05 bits per heavy atom. The van der Waals surface area contributed by atoms with Gasteiger partial charge in [0.1, 0.15) is 0 Å². The molecule has 0 aliphatic carbocycles. The topological polar surface area (TPSA) is 12.0 Å². The van der Waals surface area contributed by atoms with E-state index in [0.29, 0.717) is 0 Å². The van der Waals surface area contributed by atoms with Gasteiger partial charge in [-0.15, -0.1) is 0 Å². The van der Waals surface area contributed by atoms with Gasteiger partial charge >= 0.3 is 0 Å². The van der Waals surface area contributed by atoms with Crippen LogP contribution in [0.4, 0.5) is 0 Å². The van der Waals surface area contributed by atoms with E-state index in [1.165, 1.54) is 23.3 Å². The van der Waals surface area contributed by atoms with Crippen molar-refractivity contribution in [3.63, 3.8) is 0 Å². The van der Waals surface area contributed by atoms with Gasteiger partial charge in [-0.05, 0) is 64.0 Å². The first-order chi connectivity index (χ1) is 10.1. The Labute approximate surface area is 132 Å². The molecule has 0 aromatic rings. The van der Waals surface area contributed by atoms with Gasteiger partial charge in [-0.2, -0.15) is 0 Å². The van der Waals surface area contributed by atoms with Crippen LogP contribution in [0.1, 0.15) is 66.7 Å². The molecule has 0 amide bonds. The van der Waals surface area contributed by atoms with Crippen LogP contribution in [0.15, 0.2) is 59.5 Å². The SMILES string of the molecule is C=C(N/C(C)=C(/C=C\CC)CCC/C=C/CC)/C(C)=C/C. The highest BCUT2D eigenvalue weighted by molar-refractivity contribution is 5.31. The molecule has 0 saturated heterocycles. The van der Waals surface area contributed by atoms with Crippen LogP contribution in [0.5, 0.6) is 0 Å². The summed E-state index contributed by atoms with van der Waals surface area (Å²) < 4.78 is 0. The molecule has 0 fully saturated rings. The van der Waals surface area contributed by atoms with E-state index in [2.05, 4.69) is 70.0 Å². The summed E-state index contributed by atoms with van der Waals surface area (Å²) in [4.78, 5) is 0. The van der Waals surface area contributed by atoms with Gasteiger partial charge in [0.25, 0.3) is 0 Å². The van der Waals surface area contributed by atoms with Gasteiger partial charge in [0, 0.05) is 11.4 Å². The number of hydrogen-bond acceptors (Lipinski definition) is 1. The third-order valence-corrected chi connectivity index (χ3v) is 3.50. The number of rotatable bonds is 10. The quantitative estimate of drug-likeness (QED) is 0.277. The van der Waals surface area contributed by atoms with Crippen molar-refractivity contribution in [2.75, 3.05) is 0 Å². The Morgan fingerprint density at radius 2 is 1.71 bits per heavy atom. The first kappa shape index (κ1) is 19.5. The van der Waals surface area contributed by atoms with Crippen LogP contribution in [0.3, 0.4) is 0 Å². The van der Waals surface area contributed by atoms with Gasteiger partial charge in [0.2, 0.25) is 0 Å². The minimum absolute atomic E-state index is 0.989. The van der Waals surface area contributed by atoms with E-state index in [1.807, 2.05) is 6.92 Å². The van der Waals surface area contributed by atoms with Crippen LogP contribution >= 0.6 is 0 Å². The minimum atomic E-state index is 0.989. The zero-order valence-electron chi connectivity index (χ0n) is 14.6. The van der Waals surface area contributed by atoms with Crippen molar-refractivity contribution in [2.45, 2.75) is 66.7 Å². The van der Waals surface area contributed by atoms with Crippen molar-refractivity contribution in [3.8, 4) is 0 Å². The fourth-order valence-corrected chi connectivity index (χ4v) is 1.93. The molecule has 118 valence electrons. The van der Waals surface area contributed by atoms with E-state index in [-0.39, 0.29) is 0 Å². The van der Waals surface area contributed by atoms with Gasteiger partial charge in [0.15, 0.2) is 0 Å². The van der Waals surface area contributed by atoms with Crippen LogP contribution in [0, 0.1) is 0 Å². The molecule has 0 aromatic carbocycles. The van der Waals surface area contributed by atoms with E-state index in [0.717, 1.165) is 31.4 Å². The number of unbranched alkanes of at least 4 members (excludes halogenated alkanes) is 1. The van der Waals surface area contributed by atoms with Crippen molar-refractivity contribution >= 4 is 0 Å². The van der Waals surface area contributed by atoms with Crippen molar-refractivity contribution in [3.05, 3.63) is 59.5 Å². The first-order valence-electron chi connectivity index (χ1n) is 8.17. The standard InChI is InChI=1S/C20H33N/c1-7-10-12-13-14-16-20(15-11-8-2)19(6)21-18(5)17(4)9-3/h9-12,15,21H,5,7-8,13-14,16H2,1-4,6H3/b12-10+,15-11-,17-9+,20-19-. The molecule has 0 saturated carbocycles. The molecule has 0 aromatic heterocycles. The molecule has 0 aliphatic heterocycles. The molecular formula is C20H33N. The minimum Gasteiger partial charge on any atom is -0.359 e. The third kappa shape index (κ3) is 9.12. The lowest BCUT2D eigenvalue weighted by Gasteiger charge is -2.14. The average Bonchev–Trinajstić information content (AvgIpc) is 2.48. The van der Waals surface area contributed by atoms with Crippen LogP contribution in [-0.2, 0) is 0 Å². The molecule has 21 heavy (non-hydrogen) atoms. The van der Waals surface area contributed by atoms with E-state index < -0.39 is 0 Å². The molecule has 0 aliphatic rings. The Hall–Kier alpha value is -1.50. The maximum Gasteiger partial charge on any atom is 0.0335 e. The molecule has 0 heterocycles. The monoisotopic (exact) mass is 287 g/mol. The second-order valence-electron chi connectivity index (χ2n) is 5.31. The lowest BCUT2D eigenvalue weighted by atomic mass is 10.0. The van der Waals surface area contributed by atoms with Crippen LogP contribution in [0.25, 0.3) is 0 Å². The summed E-state index contributed by atoms with van der Waals surface area (Å²) in [5, 5.41) is 3.44. The van der Waals surface area contributed by atoms with Crippen LogP contribution in [0.2, 0.25) is 0 Å². The molecule has 0 spiro atoms. The Balaban J connectivity index is 4.76. The zero-order chi connectivity index (χ0) is 16.1. The molecule has 0 bridgehead atoms. The lowest BCUT2D eigenvalue weighted by Crippen LogP contribution is -2.12. The van der Waals surface area contributed by atoms with E-state index in [1.54, 1.807) is 0 Å². The zero-order valence-corrected chi connectivity index (χ0v) is 14.6. The maximum absolute atomic E-state index is 4.10. The van der Waals surface area contributed by atoms with Crippen molar-refractivity contribution in [1.29, 1.82) is 0 Å². The summed E-state index contributed by atoms with van der Waals surface area (Å²) in [6.45, 7) is 14.7.